The summed E-state index contributed by atoms with van der Waals surface area (Å²) in [6.45, 7) is 0.557. The van der Waals surface area contributed by atoms with Crippen LogP contribution in [0.25, 0.3) is 16.2 Å². The van der Waals surface area contributed by atoms with Crippen molar-refractivity contribution in [3.05, 3.63) is 69.9 Å². The molecular weight excluding hydrogens is 486 g/mol. The number of thiophene rings is 1. The molecular formula is C25H22ClN5O3S. The number of hydrogen-bond acceptors (Lipinski definition) is 8. The highest BCUT2D eigenvalue weighted by Crippen LogP contribution is 2.36. The first kappa shape index (κ1) is 23.2. The van der Waals surface area contributed by atoms with Crippen molar-refractivity contribution in [1.29, 1.82) is 0 Å². The SMILES string of the molecule is O=C(NCCO)C1C=c2c(Nc3ccc(Oc4cccc5sccc45)c(Cl)c3)ncnc2=NCC1. The summed E-state index contributed by atoms with van der Waals surface area (Å²) < 4.78 is 7.25. The molecule has 3 N–H and O–H groups in total. The molecule has 0 saturated heterocycles. The fourth-order valence-electron chi connectivity index (χ4n) is 3.85. The second-order valence-electron chi connectivity index (χ2n) is 7.88. The zero-order valence-electron chi connectivity index (χ0n) is 18.6. The number of carbonyl (C=O) groups excluding carboxylic acids is 1. The van der Waals surface area contributed by atoms with Gasteiger partial charge in [0.2, 0.25) is 5.91 Å². The molecule has 8 nitrogen and oxygen atoms in total. The lowest BCUT2D eigenvalue weighted by molar-refractivity contribution is -0.123. The molecule has 35 heavy (non-hydrogen) atoms. The second-order valence-corrected chi connectivity index (χ2v) is 9.23. The van der Waals surface area contributed by atoms with Crippen LogP contribution in [-0.2, 0) is 4.79 Å². The highest BCUT2D eigenvalue weighted by atomic mass is 35.5. The van der Waals surface area contributed by atoms with Crippen LogP contribution < -0.4 is 26.1 Å². The predicted octanol–water partition coefficient (Wildman–Crippen LogP) is 3.41. The molecule has 1 amide bonds. The minimum Gasteiger partial charge on any atom is -0.455 e. The van der Waals surface area contributed by atoms with Crippen molar-refractivity contribution in [3.63, 3.8) is 0 Å². The van der Waals surface area contributed by atoms with E-state index in [-0.39, 0.29) is 19.1 Å². The largest absolute Gasteiger partial charge is 0.455 e. The van der Waals surface area contributed by atoms with E-state index in [1.54, 1.807) is 23.5 Å². The molecule has 0 bridgehead atoms. The molecule has 2 aromatic heterocycles. The highest BCUT2D eigenvalue weighted by Gasteiger charge is 2.18. The number of halogens is 1. The minimum absolute atomic E-state index is 0.113. The summed E-state index contributed by atoms with van der Waals surface area (Å²) in [5.41, 5.74) is 1.23. The van der Waals surface area contributed by atoms with Crippen LogP contribution in [-0.4, -0.2) is 40.7 Å². The van der Waals surface area contributed by atoms with Gasteiger partial charge >= 0.3 is 0 Å². The quantitative estimate of drug-likeness (QED) is 0.354. The Morgan fingerprint density at radius 1 is 1.20 bits per heavy atom. The third-order valence-electron chi connectivity index (χ3n) is 5.55. The first-order chi connectivity index (χ1) is 17.1. The number of nitrogens with one attached hydrogen (secondary N) is 2. The molecule has 0 fully saturated rings. The number of ether oxygens (including phenoxy) is 1. The van der Waals surface area contributed by atoms with Gasteiger partial charge in [0, 0.05) is 28.9 Å². The summed E-state index contributed by atoms with van der Waals surface area (Å²) in [7, 11) is 0. The average molecular weight is 508 g/mol. The van der Waals surface area contributed by atoms with Crippen molar-refractivity contribution >= 4 is 56.5 Å². The molecule has 0 spiro atoms. The maximum Gasteiger partial charge on any atom is 0.227 e. The Hall–Kier alpha value is -3.53. The zero-order chi connectivity index (χ0) is 24.2. The van der Waals surface area contributed by atoms with E-state index in [2.05, 4.69) is 31.7 Å². The molecule has 3 heterocycles. The highest BCUT2D eigenvalue weighted by molar-refractivity contribution is 7.17. The van der Waals surface area contributed by atoms with Crippen LogP contribution in [0.2, 0.25) is 5.02 Å². The van der Waals surface area contributed by atoms with Crippen molar-refractivity contribution in [2.24, 2.45) is 10.9 Å². The second kappa shape index (κ2) is 10.4. The van der Waals surface area contributed by atoms with E-state index >= 15 is 0 Å². The minimum atomic E-state index is -0.405. The summed E-state index contributed by atoms with van der Waals surface area (Å²) in [5, 5.41) is 19.1. The number of anilines is 2. The zero-order valence-corrected chi connectivity index (χ0v) is 20.1. The normalized spacial score (nSPS) is 14.9. The lowest BCUT2D eigenvalue weighted by Crippen LogP contribution is -2.35. The lowest BCUT2D eigenvalue weighted by atomic mass is 10.0. The molecule has 10 heteroatoms. The Morgan fingerprint density at radius 2 is 2.11 bits per heavy atom. The number of benzene rings is 2. The summed E-state index contributed by atoms with van der Waals surface area (Å²) in [4.78, 5) is 25.6. The third kappa shape index (κ3) is 5.12. The molecule has 178 valence electrons. The Morgan fingerprint density at radius 3 is 2.97 bits per heavy atom. The van der Waals surface area contributed by atoms with E-state index in [1.165, 1.54) is 6.33 Å². The van der Waals surface area contributed by atoms with Gasteiger partial charge in [-0.3, -0.25) is 9.79 Å². The standard InChI is InChI=1S/C25H22ClN5O3S/c26-19-13-16(4-5-21(19)34-20-2-1-3-22-17(20)7-11-35-22)31-24-18-12-15(25(33)28-9-10-32)6-8-27-23(18)29-14-30-24/h1-5,7,11-15,32H,6,8-10H2,(H,28,33)(H,27,29,30,31). The van der Waals surface area contributed by atoms with Crippen LogP contribution in [0.4, 0.5) is 11.5 Å². The summed E-state index contributed by atoms with van der Waals surface area (Å²) in [6.07, 6.45) is 3.80. The van der Waals surface area contributed by atoms with Gasteiger partial charge in [0.1, 0.15) is 23.6 Å². The Balaban J connectivity index is 1.41. The molecule has 4 aromatic rings. The van der Waals surface area contributed by atoms with Crippen molar-refractivity contribution in [2.75, 3.05) is 25.0 Å². The Bertz CT molecular complexity index is 1510. The van der Waals surface area contributed by atoms with E-state index in [0.717, 1.165) is 15.8 Å². The number of hydrogen-bond donors (Lipinski definition) is 3. The molecule has 1 atom stereocenters. The maximum absolute atomic E-state index is 12.5. The Kier molecular flexibility index (Phi) is 6.89. The fourth-order valence-corrected chi connectivity index (χ4v) is 4.87. The lowest BCUT2D eigenvalue weighted by Gasteiger charge is -2.12. The van der Waals surface area contributed by atoms with E-state index in [1.807, 2.05) is 35.7 Å². The van der Waals surface area contributed by atoms with Crippen LogP contribution in [0.15, 0.2) is 59.2 Å². The number of fused-ring (bicyclic) bond motifs is 2. The number of aliphatic hydroxyl groups is 1. The predicted molar refractivity (Wildman–Crippen MR) is 137 cm³/mol. The summed E-state index contributed by atoms with van der Waals surface area (Å²) in [5.74, 6) is 1.24. The summed E-state index contributed by atoms with van der Waals surface area (Å²) in [6, 6.07) is 13.4. The monoisotopic (exact) mass is 507 g/mol. The number of nitrogens with zero attached hydrogens (tertiary/aromatic N) is 3. The van der Waals surface area contributed by atoms with Crippen LogP contribution in [0.3, 0.4) is 0 Å². The van der Waals surface area contributed by atoms with Gasteiger partial charge in [0.05, 0.1) is 22.8 Å². The fraction of sp³-hybridized carbons (Fsp3) is 0.200. The number of rotatable bonds is 7. The smallest absolute Gasteiger partial charge is 0.227 e. The average Bonchev–Trinajstić information content (AvgIpc) is 3.24. The van der Waals surface area contributed by atoms with E-state index in [9.17, 15) is 4.79 Å². The van der Waals surface area contributed by atoms with Gasteiger partial charge in [0.25, 0.3) is 0 Å². The molecule has 0 saturated carbocycles. The van der Waals surface area contributed by atoms with E-state index in [0.29, 0.717) is 45.9 Å². The first-order valence-corrected chi connectivity index (χ1v) is 12.3. The van der Waals surface area contributed by atoms with Gasteiger partial charge in [-0.1, -0.05) is 23.7 Å². The third-order valence-corrected chi connectivity index (χ3v) is 6.73. The van der Waals surface area contributed by atoms with Gasteiger partial charge in [0.15, 0.2) is 5.49 Å². The number of aromatic nitrogens is 2. The van der Waals surface area contributed by atoms with Crippen molar-refractivity contribution in [1.82, 2.24) is 15.3 Å². The maximum atomic E-state index is 12.5. The van der Waals surface area contributed by atoms with Crippen molar-refractivity contribution in [3.8, 4) is 11.5 Å². The van der Waals surface area contributed by atoms with Gasteiger partial charge in [-0.15, -0.1) is 11.3 Å². The van der Waals surface area contributed by atoms with Crippen LogP contribution >= 0.6 is 22.9 Å². The topological polar surface area (TPSA) is 109 Å². The van der Waals surface area contributed by atoms with Crippen LogP contribution in [0.5, 0.6) is 11.5 Å². The van der Waals surface area contributed by atoms with Crippen molar-refractivity contribution < 1.29 is 14.6 Å². The molecule has 1 unspecified atom stereocenters. The molecule has 0 aliphatic carbocycles. The molecule has 1 aliphatic rings. The number of carbonyl (C=O) groups is 1. The van der Waals surface area contributed by atoms with Crippen LogP contribution in [0.1, 0.15) is 6.42 Å². The molecule has 5 rings (SSSR count). The summed E-state index contributed by atoms with van der Waals surface area (Å²) >= 11 is 8.21. The molecule has 2 aromatic carbocycles. The Labute approximate surface area is 210 Å². The van der Waals surface area contributed by atoms with Gasteiger partial charge in [-0.05, 0) is 48.2 Å². The van der Waals surface area contributed by atoms with Gasteiger partial charge in [-0.2, -0.15) is 0 Å². The molecule has 0 radical (unpaired) electrons. The van der Waals surface area contributed by atoms with Crippen LogP contribution in [0, 0.1) is 5.92 Å². The first-order valence-electron chi connectivity index (χ1n) is 11.1. The van der Waals surface area contributed by atoms with Gasteiger partial charge in [-0.25, -0.2) is 9.97 Å². The van der Waals surface area contributed by atoms with Gasteiger partial charge < -0.3 is 20.5 Å². The van der Waals surface area contributed by atoms with E-state index in [4.69, 9.17) is 21.4 Å². The number of aliphatic hydroxyl groups excluding tert-OH is 1. The number of amides is 1. The molecule has 1 aliphatic heterocycles. The van der Waals surface area contributed by atoms with E-state index < -0.39 is 5.92 Å². The van der Waals surface area contributed by atoms with Crippen molar-refractivity contribution in [2.45, 2.75) is 6.42 Å².